The molecule has 0 spiro atoms. The Morgan fingerprint density at radius 3 is 2.95 bits per heavy atom. The molecule has 2 atom stereocenters. The number of hydrogen-bond donors (Lipinski definition) is 1. The topological polar surface area (TPSA) is 23.5 Å². The summed E-state index contributed by atoms with van der Waals surface area (Å²) in [5.41, 5.74) is 0.931. The molecule has 0 radical (unpaired) electrons. The van der Waals surface area contributed by atoms with Gasteiger partial charge in [0, 0.05) is 17.6 Å². The van der Waals surface area contributed by atoms with Crippen LogP contribution in [-0.4, -0.2) is 29.1 Å². The van der Waals surface area contributed by atoms with E-state index in [0.29, 0.717) is 11.1 Å². The van der Waals surface area contributed by atoms with Crippen molar-refractivity contribution in [2.45, 2.75) is 57.6 Å². The molecule has 2 nitrogen and oxygen atoms in total. The molecular formula is C17H26ClNO. The summed E-state index contributed by atoms with van der Waals surface area (Å²) in [4.78, 5) is 2.57. The lowest BCUT2D eigenvalue weighted by molar-refractivity contribution is 0.122. The summed E-state index contributed by atoms with van der Waals surface area (Å²) in [7, 11) is 0. The predicted molar refractivity (Wildman–Crippen MR) is 85.1 cm³/mol. The minimum atomic E-state index is -0.408. The third-order valence-corrected chi connectivity index (χ3v) is 4.63. The summed E-state index contributed by atoms with van der Waals surface area (Å²) >= 11 is 5.98. The molecule has 0 aliphatic carbocycles. The molecule has 1 N–H and O–H groups in total. The molecule has 1 heterocycles. The first-order valence-corrected chi connectivity index (χ1v) is 8.26. The first-order valence-electron chi connectivity index (χ1n) is 7.88. The van der Waals surface area contributed by atoms with Gasteiger partial charge in [-0.1, -0.05) is 43.5 Å². The summed E-state index contributed by atoms with van der Waals surface area (Å²) in [5, 5.41) is 11.0. The molecule has 1 saturated heterocycles. The van der Waals surface area contributed by atoms with Crippen LogP contribution < -0.4 is 0 Å². The van der Waals surface area contributed by atoms with Crippen molar-refractivity contribution in [1.29, 1.82) is 0 Å². The van der Waals surface area contributed by atoms with E-state index in [1.807, 2.05) is 24.3 Å². The summed E-state index contributed by atoms with van der Waals surface area (Å²) in [6.45, 7) is 4.43. The Morgan fingerprint density at radius 2 is 2.20 bits per heavy atom. The van der Waals surface area contributed by atoms with Crippen LogP contribution in [0.15, 0.2) is 24.3 Å². The fraction of sp³-hybridized carbons (Fsp3) is 0.647. The average molecular weight is 296 g/mol. The third kappa shape index (κ3) is 4.47. The van der Waals surface area contributed by atoms with Gasteiger partial charge in [-0.25, -0.2) is 0 Å². The van der Waals surface area contributed by atoms with Gasteiger partial charge in [0.2, 0.25) is 0 Å². The van der Waals surface area contributed by atoms with Crippen LogP contribution in [0.1, 0.15) is 57.1 Å². The van der Waals surface area contributed by atoms with Crippen molar-refractivity contribution in [3.8, 4) is 0 Å². The number of benzene rings is 1. The summed E-state index contributed by atoms with van der Waals surface area (Å²) in [5.74, 6) is 0. The van der Waals surface area contributed by atoms with E-state index in [9.17, 15) is 5.11 Å². The smallest absolute Gasteiger partial charge is 0.0802 e. The first-order chi connectivity index (χ1) is 9.70. The monoisotopic (exact) mass is 295 g/mol. The number of rotatable bonds is 5. The van der Waals surface area contributed by atoms with Gasteiger partial charge in [0.05, 0.1) is 6.10 Å². The van der Waals surface area contributed by atoms with Gasteiger partial charge < -0.3 is 10.0 Å². The van der Waals surface area contributed by atoms with E-state index in [1.165, 1.54) is 38.6 Å². The quantitative estimate of drug-likeness (QED) is 0.869. The minimum absolute atomic E-state index is 0.408. The van der Waals surface area contributed by atoms with Crippen LogP contribution in [0, 0.1) is 0 Å². The molecule has 0 bridgehead atoms. The van der Waals surface area contributed by atoms with E-state index >= 15 is 0 Å². The molecular weight excluding hydrogens is 270 g/mol. The van der Waals surface area contributed by atoms with Crippen LogP contribution >= 0.6 is 11.6 Å². The Labute approximate surface area is 127 Å². The van der Waals surface area contributed by atoms with Gasteiger partial charge in [0.1, 0.15) is 0 Å². The number of halogens is 1. The first kappa shape index (κ1) is 15.8. The zero-order valence-electron chi connectivity index (χ0n) is 12.4. The van der Waals surface area contributed by atoms with E-state index in [0.717, 1.165) is 18.5 Å². The molecule has 3 heteroatoms. The highest BCUT2D eigenvalue weighted by Crippen LogP contribution is 2.23. The largest absolute Gasteiger partial charge is 0.388 e. The van der Waals surface area contributed by atoms with Gasteiger partial charge in [-0.3, -0.25) is 0 Å². The van der Waals surface area contributed by atoms with Gasteiger partial charge in [-0.2, -0.15) is 0 Å². The van der Waals surface area contributed by atoms with Gasteiger partial charge in [0.25, 0.3) is 0 Å². The number of likely N-dealkylation sites (tertiary alicyclic amines) is 1. The SMILES string of the molecule is CCC1CCCCCN1CCC(O)c1cccc(Cl)c1. The van der Waals surface area contributed by atoms with Gasteiger partial charge in [0.15, 0.2) is 0 Å². The molecule has 1 aromatic carbocycles. The molecule has 112 valence electrons. The minimum Gasteiger partial charge on any atom is -0.388 e. The molecule has 1 fully saturated rings. The molecule has 0 amide bonds. The molecule has 0 saturated carbocycles. The number of aliphatic hydroxyl groups is 1. The van der Waals surface area contributed by atoms with Crippen LogP contribution in [-0.2, 0) is 0 Å². The van der Waals surface area contributed by atoms with Crippen LogP contribution in [0.2, 0.25) is 5.02 Å². The average Bonchev–Trinajstić information content (AvgIpc) is 2.69. The fourth-order valence-corrected chi connectivity index (χ4v) is 3.36. The molecule has 1 aliphatic rings. The van der Waals surface area contributed by atoms with Crippen molar-refractivity contribution >= 4 is 11.6 Å². The zero-order chi connectivity index (χ0) is 14.4. The lowest BCUT2D eigenvalue weighted by atomic mass is 10.0. The molecule has 20 heavy (non-hydrogen) atoms. The van der Waals surface area contributed by atoms with E-state index in [1.54, 1.807) is 0 Å². The fourth-order valence-electron chi connectivity index (χ4n) is 3.16. The lowest BCUT2D eigenvalue weighted by Gasteiger charge is -2.29. The maximum atomic E-state index is 10.3. The van der Waals surface area contributed by atoms with E-state index in [4.69, 9.17) is 11.6 Å². The number of nitrogens with zero attached hydrogens (tertiary/aromatic N) is 1. The van der Waals surface area contributed by atoms with Crippen molar-refractivity contribution in [3.05, 3.63) is 34.9 Å². The Morgan fingerprint density at radius 1 is 1.35 bits per heavy atom. The Bertz CT molecular complexity index is 410. The van der Waals surface area contributed by atoms with Crippen molar-refractivity contribution in [2.75, 3.05) is 13.1 Å². The maximum Gasteiger partial charge on any atom is 0.0802 e. The van der Waals surface area contributed by atoms with Crippen LogP contribution in [0.3, 0.4) is 0 Å². The van der Waals surface area contributed by atoms with Crippen LogP contribution in [0.25, 0.3) is 0 Å². The van der Waals surface area contributed by atoms with Crippen molar-refractivity contribution in [2.24, 2.45) is 0 Å². The van der Waals surface area contributed by atoms with E-state index < -0.39 is 6.10 Å². The van der Waals surface area contributed by atoms with E-state index in [2.05, 4.69) is 11.8 Å². The zero-order valence-corrected chi connectivity index (χ0v) is 13.1. The second kappa shape index (κ2) is 8.02. The Balaban J connectivity index is 1.89. The maximum absolute atomic E-state index is 10.3. The molecule has 1 aromatic rings. The van der Waals surface area contributed by atoms with Crippen LogP contribution in [0.5, 0.6) is 0 Å². The lowest BCUT2D eigenvalue weighted by Crippen LogP contribution is -2.35. The molecule has 0 aromatic heterocycles. The summed E-state index contributed by atoms with van der Waals surface area (Å²) in [6, 6.07) is 8.27. The standard InChI is InChI=1S/C17H26ClNO/c1-2-16-9-4-3-5-11-19(16)12-10-17(20)14-7-6-8-15(18)13-14/h6-8,13,16-17,20H,2-5,9-12H2,1H3. The molecule has 2 rings (SSSR count). The van der Waals surface area contributed by atoms with Crippen molar-refractivity contribution in [1.82, 2.24) is 4.90 Å². The normalized spacial score (nSPS) is 22.4. The molecule has 2 unspecified atom stereocenters. The number of hydrogen-bond acceptors (Lipinski definition) is 2. The summed E-state index contributed by atoms with van der Waals surface area (Å²) < 4.78 is 0. The van der Waals surface area contributed by atoms with Crippen molar-refractivity contribution < 1.29 is 5.11 Å². The van der Waals surface area contributed by atoms with Gasteiger partial charge in [-0.05, 0) is 49.9 Å². The Hall–Kier alpha value is -0.570. The highest BCUT2D eigenvalue weighted by molar-refractivity contribution is 6.30. The molecule has 1 aliphatic heterocycles. The third-order valence-electron chi connectivity index (χ3n) is 4.39. The van der Waals surface area contributed by atoms with Gasteiger partial charge >= 0.3 is 0 Å². The van der Waals surface area contributed by atoms with E-state index in [-0.39, 0.29) is 0 Å². The highest BCUT2D eigenvalue weighted by atomic mass is 35.5. The second-order valence-corrected chi connectivity index (χ2v) is 6.24. The second-order valence-electron chi connectivity index (χ2n) is 5.81. The summed E-state index contributed by atoms with van der Waals surface area (Å²) in [6.07, 6.45) is 6.90. The predicted octanol–water partition coefficient (Wildman–Crippen LogP) is 4.42. The van der Waals surface area contributed by atoms with Gasteiger partial charge in [-0.15, -0.1) is 0 Å². The highest BCUT2D eigenvalue weighted by Gasteiger charge is 2.20. The number of aliphatic hydroxyl groups excluding tert-OH is 1. The Kier molecular flexibility index (Phi) is 6.34. The van der Waals surface area contributed by atoms with Crippen molar-refractivity contribution in [3.63, 3.8) is 0 Å². The van der Waals surface area contributed by atoms with Crippen LogP contribution in [0.4, 0.5) is 0 Å².